The average Bonchev–Trinajstić information content (AvgIpc) is 2.16. The van der Waals surface area contributed by atoms with Crippen molar-refractivity contribution in [3.8, 4) is 0 Å². The van der Waals surface area contributed by atoms with Crippen LogP contribution in [0.5, 0.6) is 0 Å². The van der Waals surface area contributed by atoms with Gasteiger partial charge in [-0.2, -0.15) is 24.4 Å². The Morgan fingerprint density at radius 3 is 2.33 bits per heavy atom. The van der Waals surface area contributed by atoms with Crippen LogP contribution in [0.15, 0.2) is 18.2 Å². The molecule has 1 unspecified atom stereocenters. The number of benzene rings is 1. The normalized spacial score (nSPS) is 12.8. The standard InChI is InChI=1S/C13H20S2/c1-10-4-11(2)6-13(5-10)9-15-8-12(3)7-14/h4-6,12,14H,7-9H2,1-3H3. The maximum Gasteiger partial charge on any atom is 0.0184 e. The minimum atomic E-state index is 0.712. The van der Waals surface area contributed by atoms with Crippen LogP contribution in [0.4, 0.5) is 0 Å². The summed E-state index contributed by atoms with van der Waals surface area (Å²) in [5.41, 5.74) is 4.18. The van der Waals surface area contributed by atoms with Crippen molar-refractivity contribution in [2.45, 2.75) is 26.5 Å². The van der Waals surface area contributed by atoms with E-state index in [0.717, 1.165) is 11.5 Å². The van der Waals surface area contributed by atoms with Crippen molar-refractivity contribution < 1.29 is 0 Å². The Bertz CT molecular complexity index is 287. The highest BCUT2D eigenvalue weighted by Gasteiger charge is 2.01. The van der Waals surface area contributed by atoms with E-state index in [-0.39, 0.29) is 0 Å². The molecule has 0 nitrogen and oxygen atoms in total. The SMILES string of the molecule is Cc1cc(C)cc(CSCC(C)CS)c1. The first-order chi connectivity index (χ1) is 7.11. The second-order valence-electron chi connectivity index (χ2n) is 4.30. The van der Waals surface area contributed by atoms with E-state index in [2.05, 4.69) is 51.6 Å². The summed E-state index contributed by atoms with van der Waals surface area (Å²) in [5, 5.41) is 0. The molecule has 0 aromatic heterocycles. The van der Waals surface area contributed by atoms with Gasteiger partial charge in [-0.3, -0.25) is 0 Å². The molecule has 0 spiro atoms. The molecule has 1 aromatic carbocycles. The Kier molecular flexibility index (Phi) is 5.62. The predicted molar refractivity (Wildman–Crippen MR) is 75.1 cm³/mol. The van der Waals surface area contributed by atoms with E-state index in [1.807, 2.05) is 11.8 Å². The third-order valence-corrected chi connectivity index (χ3v) is 4.23. The Balaban J connectivity index is 2.43. The smallest absolute Gasteiger partial charge is 0.0184 e. The van der Waals surface area contributed by atoms with Crippen molar-refractivity contribution in [3.05, 3.63) is 34.9 Å². The first-order valence-electron chi connectivity index (χ1n) is 5.37. The van der Waals surface area contributed by atoms with E-state index < -0.39 is 0 Å². The predicted octanol–water partition coefficient (Wildman–Crippen LogP) is 4.10. The largest absolute Gasteiger partial charge is 0.179 e. The molecule has 0 N–H and O–H groups in total. The van der Waals surface area contributed by atoms with Gasteiger partial charge in [-0.15, -0.1) is 0 Å². The molecule has 1 rings (SSSR count). The van der Waals surface area contributed by atoms with Crippen LogP contribution in [0.2, 0.25) is 0 Å². The first-order valence-corrected chi connectivity index (χ1v) is 7.16. The van der Waals surface area contributed by atoms with E-state index in [4.69, 9.17) is 0 Å². The summed E-state index contributed by atoms with van der Waals surface area (Å²) in [6.07, 6.45) is 0. The van der Waals surface area contributed by atoms with Crippen LogP contribution >= 0.6 is 24.4 Å². The fourth-order valence-corrected chi connectivity index (χ4v) is 2.93. The topological polar surface area (TPSA) is 0 Å². The number of hydrogen-bond donors (Lipinski definition) is 1. The van der Waals surface area contributed by atoms with Gasteiger partial charge in [0.05, 0.1) is 0 Å². The lowest BCUT2D eigenvalue weighted by molar-refractivity contribution is 0.766. The van der Waals surface area contributed by atoms with Crippen LogP contribution in [-0.4, -0.2) is 11.5 Å². The molecule has 84 valence electrons. The molecule has 0 aliphatic carbocycles. The molecule has 0 aliphatic heterocycles. The second kappa shape index (κ2) is 6.49. The molecule has 0 fully saturated rings. The average molecular weight is 240 g/mol. The highest BCUT2D eigenvalue weighted by molar-refractivity contribution is 7.98. The molecule has 0 saturated heterocycles. The van der Waals surface area contributed by atoms with Gasteiger partial charge in [-0.1, -0.05) is 36.2 Å². The van der Waals surface area contributed by atoms with Crippen LogP contribution in [0.25, 0.3) is 0 Å². The highest BCUT2D eigenvalue weighted by Crippen LogP contribution is 2.18. The fraction of sp³-hybridized carbons (Fsp3) is 0.538. The van der Waals surface area contributed by atoms with Crippen LogP contribution < -0.4 is 0 Å². The molecule has 0 aliphatic rings. The van der Waals surface area contributed by atoms with Gasteiger partial charge in [0.15, 0.2) is 0 Å². The minimum absolute atomic E-state index is 0.712. The summed E-state index contributed by atoms with van der Waals surface area (Å²) in [6, 6.07) is 6.79. The summed E-state index contributed by atoms with van der Waals surface area (Å²) < 4.78 is 0. The summed E-state index contributed by atoms with van der Waals surface area (Å²) in [6.45, 7) is 6.58. The van der Waals surface area contributed by atoms with Gasteiger partial charge in [0.25, 0.3) is 0 Å². The third kappa shape index (κ3) is 4.98. The quantitative estimate of drug-likeness (QED) is 0.756. The van der Waals surface area contributed by atoms with Gasteiger partial charge < -0.3 is 0 Å². The minimum Gasteiger partial charge on any atom is -0.179 e. The molecule has 15 heavy (non-hydrogen) atoms. The fourth-order valence-electron chi connectivity index (χ4n) is 1.58. The Hall–Kier alpha value is -0.0800. The monoisotopic (exact) mass is 240 g/mol. The van der Waals surface area contributed by atoms with Crippen molar-refractivity contribution in [1.29, 1.82) is 0 Å². The van der Waals surface area contributed by atoms with E-state index in [1.165, 1.54) is 22.4 Å². The Morgan fingerprint density at radius 1 is 1.20 bits per heavy atom. The van der Waals surface area contributed by atoms with Gasteiger partial charge in [0, 0.05) is 5.75 Å². The number of thioether (sulfide) groups is 1. The molecule has 0 radical (unpaired) electrons. The van der Waals surface area contributed by atoms with Crippen molar-refractivity contribution in [2.75, 3.05) is 11.5 Å². The molecule has 0 saturated carbocycles. The molecule has 0 amide bonds. The highest BCUT2D eigenvalue weighted by atomic mass is 32.2. The van der Waals surface area contributed by atoms with Crippen LogP contribution in [0, 0.1) is 19.8 Å². The lowest BCUT2D eigenvalue weighted by Crippen LogP contribution is -1.99. The van der Waals surface area contributed by atoms with Gasteiger partial charge in [-0.25, -0.2) is 0 Å². The second-order valence-corrected chi connectivity index (χ2v) is 5.69. The summed E-state index contributed by atoms with van der Waals surface area (Å²) in [5.74, 6) is 4.03. The molecular weight excluding hydrogens is 220 g/mol. The van der Waals surface area contributed by atoms with Gasteiger partial charge in [0.1, 0.15) is 0 Å². The Morgan fingerprint density at radius 2 is 1.80 bits per heavy atom. The zero-order chi connectivity index (χ0) is 11.3. The summed E-state index contributed by atoms with van der Waals surface area (Å²) in [4.78, 5) is 0. The zero-order valence-corrected chi connectivity index (χ0v) is 11.5. The van der Waals surface area contributed by atoms with E-state index in [9.17, 15) is 0 Å². The van der Waals surface area contributed by atoms with E-state index >= 15 is 0 Å². The summed E-state index contributed by atoms with van der Waals surface area (Å²) >= 11 is 6.30. The molecule has 2 heteroatoms. The van der Waals surface area contributed by atoms with Crippen LogP contribution in [-0.2, 0) is 5.75 Å². The van der Waals surface area contributed by atoms with Crippen LogP contribution in [0.1, 0.15) is 23.6 Å². The first kappa shape index (κ1) is 13.0. The van der Waals surface area contributed by atoms with Crippen molar-refractivity contribution in [3.63, 3.8) is 0 Å². The molecular formula is C13H20S2. The molecule has 1 atom stereocenters. The number of hydrogen-bond acceptors (Lipinski definition) is 2. The van der Waals surface area contributed by atoms with E-state index in [1.54, 1.807) is 0 Å². The van der Waals surface area contributed by atoms with Crippen LogP contribution in [0.3, 0.4) is 0 Å². The number of rotatable bonds is 5. The molecule has 0 heterocycles. The maximum atomic E-state index is 4.30. The maximum absolute atomic E-state index is 4.30. The van der Waals surface area contributed by atoms with Gasteiger partial charge in [-0.05, 0) is 36.8 Å². The van der Waals surface area contributed by atoms with Crippen molar-refractivity contribution in [2.24, 2.45) is 5.92 Å². The Labute approximate surface area is 103 Å². The zero-order valence-electron chi connectivity index (χ0n) is 9.79. The number of thiol groups is 1. The van der Waals surface area contributed by atoms with Gasteiger partial charge in [0.2, 0.25) is 0 Å². The lowest BCUT2D eigenvalue weighted by atomic mass is 10.1. The molecule has 0 bridgehead atoms. The van der Waals surface area contributed by atoms with Crippen molar-refractivity contribution in [1.82, 2.24) is 0 Å². The van der Waals surface area contributed by atoms with Gasteiger partial charge >= 0.3 is 0 Å². The number of aryl methyl sites for hydroxylation is 2. The molecule has 1 aromatic rings. The van der Waals surface area contributed by atoms with Crippen molar-refractivity contribution >= 4 is 24.4 Å². The lowest BCUT2D eigenvalue weighted by Gasteiger charge is -2.08. The summed E-state index contributed by atoms with van der Waals surface area (Å²) in [7, 11) is 0. The third-order valence-electron chi connectivity index (χ3n) is 2.26. The van der Waals surface area contributed by atoms with E-state index in [0.29, 0.717) is 5.92 Å².